The van der Waals surface area contributed by atoms with Crippen molar-refractivity contribution in [2.75, 3.05) is 32.8 Å². The molecule has 0 radical (unpaired) electrons. The number of piperidine rings is 2. The highest BCUT2D eigenvalue weighted by molar-refractivity contribution is 5.85. The summed E-state index contributed by atoms with van der Waals surface area (Å²) in [5.74, 6) is 0.247. The summed E-state index contributed by atoms with van der Waals surface area (Å²) in [5, 5.41) is 3.43. The second-order valence-corrected chi connectivity index (χ2v) is 6.08. The molecule has 0 aromatic heterocycles. The second kappa shape index (κ2) is 6.42. The number of rotatable bonds is 1. The van der Waals surface area contributed by atoms with Gasteiger partial charge in [-0.15, -0.1) is 12.4 Å². The van der Waals surface area contributed by atoms with Gasteiger partial charge in [-0.1, -0.05) is 0 Å². The van der Waals surface area contributed by atoms with E-state index in [1.807, 2.05) is 4.90 Å². The van der Waals surface area contributed by atoms with Crippen LogP contribution in [-0.2, 0) is 9.53 Å². The van der Waals surface area contributed by atoms with Gasteiger partial charge in [0.1, 0.15) is 6.10 Å². The summed E-state index contributed by atoms with van der Waals surface area (Å²) in [6.07, 6.45) is 6.78. The molecule has 0 aromatic carbocycles. The third kappa shape index (κ3) is 3.23. The number of nitrogens with one attached hydrogen (secondary N) is 1. The smallest absolute Gasteiger partial charge is 0.251 e. The fourth-order valence-corrected chi connectivity index (χ4v) is 3.63. The van der Waals surface area contributed by atoms with Gasteiger partial charge in [0.25, 0.3) is 5.91 Å². The van der Waals surface area contributed by atoms with Gasteiger partial charge in [-0.25, -0.2) is 0 Å². The Balaban J connectivity index is 0.00000133. The monoisotopic (exact) mass is 288 g/mol. The maximum Gasteiger partial charge on any atom is 0.251 e. The molecule has 110 valence electrons. The molecule has 0 aromatic rings. The van der Waals surface area contributed by atoms with Crippen LogP contribution in [0.25, 0.3) is 0 Å². The van der Waals surface area contributed by atoms with E-state index in [0.717, 1.165) is 45.6 Å². The van der Waals surface area contributed by atoms with Crippen LogP contribution in [-0.4, -0.2) is 49.7 Å². The van der Waals surface area contributed by atoms with Crippen LogP contribution in [0.15, 0.2) is 0 Å². The minimum Gasteiger partial charge on any atom is -0.368 e. The summed E-state index contributed by atoms with van der Waals surface area (Å²) in [4.78, 5) is 14.3. The molecule has 4 nitrogen and oxygen atoms in total. The summed E-state index contributed by atoms with van der Waals surface area (Å²) in [6, 6.07) is 0. The number of hydrogen-bond acceptors (Lipinski definition) is 3. The average molecular weight is 289 g/mol. The third-order valence-electron chi connectivity index (χ3n) is 5.01. The van der Waals surface area contributed by atoms with E-state index in [4.69, 9.17) is 4.74 Å². The normalized spacial score (nSPS) is 30.1. The van der Waals surface area contributed by atoms with Gasteiger partial charge in [-0.2, -0.15) is 0 Å². The molecule has 0 aliphatic carbocycles. The molecule has 3 fully saturated rings. The molecule has 3 rings (SSSR count). The fourth-order valence-electron chi connectivity index (χ4n) is 3.63. The molecule has 0 bridgehead atoms. The van der Waals surface area contributed by atoms with E-state index in [1.54, 1.807) is 0 Å². The van der Waals surface area contributed by atoms with E-state index in [2.05, 4.69) is 5.32 Å². The predicted octanol–water partition coefficient (Wildman–Crippen LogP) is 1.58. The van der Waals surface area contributed by atoms with E-state index in [1.165, 1.54) is 25.7 Å². The lowest BCUT2D eigenvalue weighted by Gasteiger charge is -2.44. The average Bonchev–Trinajstić information content (AvgIpc) is 2.94. The fraction of sp³-hybridized carbons (Fsp3) is 0.929. The Hall–Kier alpha value is -0.320. The molecule has 3 heterocycles. The predicted molar refractivity (Wildman–Crippen MR) is 76.6 cm³/mol. The van der Waals surface area contributed by atoms with Crippen LogP contribution >= 0.6 is 12.4 Å². The molecule has 3 saturated heterocycles. The third-order valence-corrected chi connectivity index (χ3v) is 5.01. The number of hydrogen-bond donors (Lipinski definition) is 1. The van der Waals surface area contributed by atoms with Crippen molar-refractivity contribution in [3.05, 3.63) is 0 Å². The van der Waals surface area contributed by atoms with Gasteiger partial charge in [0, 0.05) is 19.7 Å². The first kappa shape index (κ1) is 15.1. The number of nitrogens with zero attached hydrogens (tertiary/aromatic N) is 1. The highest BCUT2D eigenvalue weighted by Gasteiger charge is 2.38. The Bertz CT molecular complexity index is 303. The van der Waals surface area contributed by atoms with E-state index in [0.29, 0.717) is 5.41 Å². The Morgan fingerprint density at radius 1 is 1.16 bits per heavy atom. The molecule has 1 amide bonds. The molecule has 19 heavy (non-hydrogen) atoms. The van der Waals surface area contributed by atoms with Crippen molar-refractivity contribution in [2.24, 2.45) is 5.41 Å². The van der Waals surface area contributed by atoms with Gasteiger partial charge in [0.2, 0.25) is 0 Å². The second-order valence-electron chi connectivity index (χ2n) is 6.08. The summed E-state index contributed by atoms with van der Waals surface area (Å²) in [7, 11) is 0. The Morgan fingerprint density at radius 2 is 1.84 bits per heavy atom. The summed E-state index contributed by atoms with van der Waals surface area (Å²) in [5.41, 5.74) is 0.526. The molecular weight excluding hydrogens is 264 g/mol. The summed E-state index contributed by atoms with van der Waals surface area (Å²) < 4.78 is 5.50. The standard InChI is InChI=1S/C14H24N2O2.ClH/c17-13(12-2-1-11-18-12)16-9-5-14(6-10-16)3-7-15-8-4-14;/h12,15H,1-11H2;1H/t12-;/m0./s1. The van der Waals surface area contributed by atoms with Crippen molar-refractivity contribution in [1.29, 1.82) is 0 Å². The molecule has 3 aliphatic heterocycles. The highest BCUT2D eigenvalue weighted by atomic mass is 35.5. The van der Waals surface area contributed by atoms with Gasteiger partial charge in [0.15, 0.2) is 0 Å². The molecule has 0 unspecified atom stereocenters. The van der Waals surface area contributed by atoms with Crippen molar-refractivity contribution in [2.45, 2.75) is 44.6 Å². The first-order valence-corrected chi connectivity index (χ1v) is 7.40. The van der Waals surface area contributed by atoms with Gasteiger partial charge >= 0.3 is 0 Å². The lowest BCUT2D eigenvalue weighted by atomic mass is 9.71. The quantitative estimate of drug-likeness (QED) is 0.796. The SMILES string of the molecule is Cl.O=C([C@@H]1CCCO1)N1CCC2(CCNCC2)CC1. The van der Waals surface area contributed by atoms with Crippen molar-refractivity contribution in [1.82, 2.24) is 10.2 Å². The maximum atomic E-state index is 12.3. The lowest BCUT2D eigenvalue weighted by molar-refractivity contribution is -0.143. The zero-order chi connectivity index (χ0) is 12.4. The van der Waals surface area contributed by atoms with Crippen LogP contribution < -0.4 is 5.32 Å². The molecule has 1 atom stereocenters. The zero-order valence-electron chi connectivity index (χ0n) is 11.5. The number of carbonyl (C=O) groups is 1. The van der Waals surface area contributed by atoms with Gasteiger partial charge in [0.05, 0.1) is 0 Å². The van der Waals surface area contributed by atoms with Gasteiger partial charge in [-0.3, -0.25) is 4.79 Å². The van der Waals surface area contributed by atoms with Crippen LogP contribution in [0.2, 0.25) is 0 Å². The highest BCUT2D eigenvalue weighted by Crippen LogP contribution is 2.39. The lowest BCUT2D eigenvalue weighted by Crippen LogP contribution is -2.49. The minimum absolute atomic E-state index is 0. The minimum atomic E-state index is -0.132. The van der Waals surface area contributed by atoms with Crippen molar-refractivity contribution in [3.63, 3.8) is 0 Å². The van der Waals surface area contributed by atoms with E-state index < -0.39 is 0 Å². The van der Waals surface area contributed by atoms with Crippen LogP contribution in [0.5, 0.6) is 0 Å². The van der Waals surface area contributed by atoms with Gasteiger partial charge < -0.3 is 15.0 Å². The van der Waals surface area contributed by atoms with Crippen molar-refractivity contribution in [3.8, 4) is 0 Å². The van der Waals surface area contributed by atoms with E-state index in [9.17, 15) is 4.79 Å². The molecule has 1 spiro atoms. The Morgan fingerprint density at radius 3 is 2.42 bits per heavy atom. The summed E-state index contributed by atoms with van der Waals surface area (Å²) >= 11 is 0. The van der Waals surface area contributed by atoms with Crippen LogP contribution in [0.3, 0.4) is 0 Å². The van der Waals surface area contributed by atoms with Crippen LogP contribution in [0.4, 0.5) is 0 Å². The number of carbonyl (C=O) groups excluding carboxylic acids is 1. The van der Waals surface area contributed by atoms with Crippen LogP contribution in [0, 0.1) is 5.41 Å². The van der Waals surface area contributed by atoms with E-state index in [-0.39, 0.29) is 24.4 Å². The Labute approximate surface area is 121 Å². The molecule has 5 heteroatoms. The molecule has 3 aliphatic rings. The first-order valence-electron chi connectivity index (χ1n) is 7.40. The molecule has 1 N–H and O–H groups in total. The zero-order valence-corrected chi connectivity index (χ0v) is 12.3. The number of likely N-dealkylation sites (tertiary alicyclic amines) is 1. The van der Waals surface area contributed by atoms with Gasteiger partial charge in [-0.05, 0) is 57.0 Å². The number of halogens is 1. The Kier molecular flexibility index (Phi) is 5.09. The molecule has 0 saturated carbocycles. The number of ether oxygens (including phenoxy) is 1. The topological polar surface area (TPSA) is 41.6 Å². The van der Waals surface area contributed by atoms with Crippen molar-refractivity contribution >= 4 is 18.3 Å². The molecular formula is C14H25ClN2O2. The summed E-state index contributed by atoms with van der Waals surface area (Å²) in [6.45, 7) is 4.95. The van der Waals surface area contributed by atoms with Crippen molar-refractivity contribution < 1.29 is 9.53 Å². The van der Waals surface area contributed by atoms with Crippen LogP contribution in [0.1, 0.15) is 38.5 Å². The number of amides is 1. The van der Waals surface area contributed by atoms with E-state index >= 15 is 0 Å². The maximum absolute atomic E-state index is 12.3. The largest absolute Gasteiger partial charge is 0.368 e. The first-order chi connectivity index (χ1) is 8.79.